The molecular weight excluding hydrogens is 292 g/mol. The van der Waals surface area contributed by atoms with E-state index < -0.39 is 5.91 Å². The van der Waals surface area contributed by atoms with Gasteiger partial charge in [0.15, 0.2) is 0 Å². The van der Waals surface area contributed by atoms with E-state index in [0.717, 1.165) is 12.0 Å². The predicted molar refractivity (Wildman–Crippen MR) is 90.8 cm³/mol. The van der Waals surface area contributed by atoms with Crippen LogP contribution < -0.4 is 10.6 Å². The molecule has 0 fully saturated rings. The van der Waals surface area contributed by atoms with Crippen LogP contribution in [0.1, 0.15) is 35.7 Å². The van der Waals surface area contributed by atoms with E-state index in [0.29, 0.717) is 17.8 Å². The molecule has 0 atom stereocenters. The summed E-state index contributed by atoms with van der Waals surface area (Å²) >= 11 is 0. The molecular formula is C18H20N2O3. The first-order chi connectivity index (χ1) is 11.0. The van der Waals surface area contributed by atoms with Crippen molar-refractivity contribution in [1.29, 1.82) is 0 Å². The van der Waals surface area contributed by atoms with Crippen molar-refractivity contribution in [3.8, 4) is 5.75 Å². The second kappa shape index (κ2) is 7.45. The maximum absolute atomic E-state index is 12.3. The van der Waals surface area contributed by atoms with E-state index in [1.165, 1.54) is 6.07 Å². The standard InChI is InChI=1S/C18H20N2O3/c1-3-5-17(22)19-13-6-4-7-14(11-13)20-18(23)15-10-12(2)8-9-16(15)21/h4,6-11,21H,3,5H2,1-2H3,(H,19,22)(H,20,23). The summed E-state index contributed by atoms with van der Waals surface area (Å²) in [6.45, 7) is 3.78. The first-order valence-electron chi connectivity index (χ1n) is 7.50. The number of benzene rings is 2. The third-order valence-electron chi connectivity index (χ3n) is 3.28. The molecule has 0 unspecified atom stereocenters. The quantitative estimate of drug-likeness (QED) is 0.788. The molecule has 0 saturated carbocycles. The summed E-state index contributed by atoms with van der Waals surface area (Å²) in [5, 5.41) is 15.3. The van der Waals surface area contributed by atoms with Gasteiger partial charge in [0, 0.05) is 17.8 Å². The minimum Gasteiger partial charge on any atom is -0.507 e. The van der Waals surface area contributed by atoms with Crippen molar-refractivity contribution in [1.82, 2.24) is 0 Å². The van der Waals surface area contributed by atoms with Crippen molar-refractivity contribution >= 4 is 23.2 Å². The molecule has 0 spiro atoms. The Balaban J connectivity index is 2.12. The summed E-state index contributed by atoms with van der Waals surface area (Å²) in [6, 6.07) is 11.7. The van der Waals surface area contributed by atoms with Crippen LogP contribution in [0.5, 0.6) is 5.75 Å². The first-order valence-corrected chi connectivity index (χ1v) is 7.50. The Morgan fingerprint density at radius 2 is 1.74 bits per heavy atom. The van der Waals surface area contributed by atoms with Crippen molar-refractivity contribution in [3.05, 3.63) is 53.6 Å². The van der Waals surface area contributed by atoms with Gasteiger partial charge < -0.3 is 15.7 Å². The van der Waals surface area contributed by atoms with Gasteiger partial charge in [-0.1, -0.05) is 24.6 Å². The first kappa shape index (κ1) is 16.5. The lowest BCUT2D eigenvalue weighted by molar-refractivity contribution is -0.116. The molecule has 0 aliphatic heterocycles. The smallest absolute Gasteiger partial charge is 0.259 e. The van der Waals surface area contributed by atoms with Crippen LogP contribution in [0.25, 0.3) is 0 Å². The topological polar surface area (TPSA) is 78.4 Å². The van der Waals surface area contributed by atoms with Gasteiger partial charge in [0.25, 0.3) is 5.91 Å². The lowest BCUT2D eigenvalue weighted by Gasteiger charge is -2.10. The van der Waals surface area contributed by atoms with Crippen molar-refractivity contribution in [2.45, 2.75) is 26.7 Å². The largest absolute Gasteiger partial charge is 0.507 e. The summed E-state index contributed by atoms with van der Waals surface area (Å²) in [6.07, 6.45) is 1.22. The summed E-state index contributed by atoms with van der Waals surface area (Å²) in [5.41, 5.74) is 2.26. The molecule has 0 heterocycles. The molecule has 120 valence electrons. The zero-order chi connectivity index (χ0) is 16.8. The number of hydrogen-bond donors (Lipinski definition) is 3. The van der Waals surface area contributed by atoms with Gasteiger partial charge in [0.1, 0.15) is 5.75 Å². The molecule has 2 rings (SSSR count). The number of phenols is 1. The lowest BCUT2D eigenvalue weighted by Crippen LogP contribution is -2.13. The van der Waals surface area contributed by atoms with Crippen LogP contribution in [0.15, 0.2) is 42.5 Å². The summed E-state index contributed by atoms with van der Waals surface area (Å²) in [4.78, 5) is 23.9. The Morgan fingerprint density at radius 3 is 2.43 bits per heavy atom. The molecule has 2 aromatic carbocycles. The van der Waals surface area contributed by atoms with E-state index in [1.54, 1.807) is 36.4 Å². The predicted octanol–water partition coefficient (Wildman–Crippen LogP) is 3.69. The van der Waals surface area contributed by atoms with Crippen LogP contribution in [-0.4, -0.2) is 16.9 Å². The number of amides is 2. The second-order valence-corrected chi connectivity index (χ2v) is 5.35. The molecule has 0 radical (unpaired) electrons. The molecule has 0 bridgehead atoms. The average Bonchev–Trinajstić information content (AvgIpc) is 2.50. The third-order valence-corrected chi connectivity index (χ3v) is 3.28. The molecule has 5 heteroatoms. The SMILES string of the molecule is CCCC(=O)Nc1cccc(NC(=O)c2cc(C)ccc2O)c1. The van der Waals surface area contributed by atoms with E-state index in [2.05, 4.69) is 10.6 Å². The molecule has 0 aliphatic rings. The van der Waals surface area contributed by atoms with Crippen LogP contribution in [0.3, 0.4) is 0 Å². The van der Waals surface area contributed by atoms with Crippen LogP contribution in [0.4, 0.5) is 11.4 Å². The van der Waals surface area contributed by atoms with Gasteiger partial charge >= 0.3 is 0 Å². The Kier molecular flexibility index (Phi) is 5.36. The fourth-order valence-electron chi connectivity index (χ4n) is 2.16. The van der Waals surface area contributed by atoms with E-state index >= 15 is 0 Å². The minimum absolute atomic E-state index is 0.0627. The normalized spacial score (nSPS) is 10.2. The average molecular weight is 312 g/mol. The maximum Gasteiger partial charge on any atom is 0.259 e. The maximum atomic E-state index is 12.3. The molecule has 2 aromatic rings. The molecule has 3 N–H and O–H groups in total. The number of anilines is 2. The highest BCUT2D eigenvalue weighted by Gasteiger charge is 2.12. The summed E-state index contributed by atoms with van der Waals surface area (Å²) in [5.74, 6) is -0.531. The van der Waals surface area contributed by atoms with Gasteiger partial charge in [-0.05, 0) is 43.7 Å². The summed E-state index contributed by atoms with van der Waals surface area (Å²) < 4.78 is 0. The second-order valence-electron chi connectivity index (χ2n) is 5.35. The van der Waals surface area contributed by atoms with E-state index in [-0.39, 0.29) is 17.2 Å². The molecule has 5 nitrogen and oxygen atoms in total. The van der Waals surface area contributed by atoms with Gasteiger partial charge in [0.05, 0.1) is 5.56 Å². The highest BCUT2D eigenvalue weighted by Crippen LogP contribution is 2.21. The van der Waals surface area contributed by atoms with Crippen molar-refractivity contribution in [2.24, 2.45) is 0 Å². The van der Waals surface area contributed by atoms with Gasteiger partial charge in [0.2, 0.25) is 5.91 Å². The van der Waals surface area contributed by atoms with Gasteiger partial charge in [-0.25, -0.2) is 0 Å². The van der Waals surface area contributed by atoms with Crippen LogP contribution in [-0.2, 0) is 4.79 Å². The number of hydrogen-bond acceptors (Lipinski definition) is 3. The summed E-state index contributed by atoms with van der Waals surface area (Å²) in [7, 11) is 0. The highest BCUT2D eigenvalue weighted by molar-refractivity contribution is 6.06. The zero-order valence-corrected chi connectivity index (χ0v) is 13.2. The van der Waals surface area contributed by atoms with Gasteiger partial charge in [-0.15, -0.1) is 0 Å². The molecule has 2 amide bonds. The lowest BCUT2D eigenvalue weighted by atomic mass is 10.1. The van der Waals surface area contributed by atoms with Crippen molar-refractivity contribution < 1.29 is 14.7 Å². The number of aromatic hydroxyl groups is 1. The fourth-order valence-corrected chi connectivity index (χ4v) is 2.16. The Bertz CT molecular complexity index is 726. The van der Waals surface area contributed by atoms with Gasteiger partial charge in [-0.2, -0.15) is 0 Å². The van der Waals surface area contributed by atoms with Crippen molar-refractivity contribution in [2.75, 3.05) is 10.6 Å². The van der Waals surface area contributed by atoms with E-state index in [9.17, 15) is 14.7 Å². The number of carbonyl (C=O) groups is 2. The van der Waals surface area contributed by atoms with Crippen molar-refractivity contribution in [3.63, 3.8) is 0 Å². The van der Waals surface area contributed by atoms with Crippen LogP contribution in [0.2, 0.25) is 0 Å². The van der Waals surface area contributed by atoms with Gasteiger partial charge in [-0.3, -0.25) is 9.59 Å². The zero-order valence-electron chi connectivity index (χ0n) is 13.2. The number of aryl methyl sites for hydroxylation is 1. The van der Waals surface area contributed by atoms with Crippen LogP contribution in [0, 0.1) is 6.92 Å². The van der Waals surface area contributed by atoms with E-state index in [4.69, 9.17) is 0 Å². The number of nitrogens with one attached hydrogen (secondary N) is 2. The minimum atomic E-state index is -0.400. The Morgan fingerprint density at radius 1 is 1.04 bits per heavy atom. The van der Waals surface area contributed by atoms with Crippen LogP contribution >= 0.6 is 0 Å². The molecule has 0 aliphatic carbocycles. The number of phenolic OH excluding ortho intramolecular Hbond substituents is 1. The Hall–Kier alpha value is -2.82. The fraction of sp³-hybridized carbons (Fsp3) is 0.222. The van der Waals surface area contributed by atoms with E-state index in [1.807, 2.05) is 13.8 Å². The highest BCUT2D eigenvalue weighted by atomic mass is 16.3. The molecule has 0 aromatic heterocycles. The molecule has 0 saturated heterocycles. The number of carbonyl (C=O) groups excluding carboxylic acids is 2. The Labute approximate surface area is 135 Å². The third kappa shape index (κ3) is 4.57. The molecule has 23 heavy (non-hydrogen) atoms. The monoisotopic (exact) mass is 312 g/mol. The number of rotatable bonds is 5.